The van der Waals surface area contributed by atoms with Crippen molar-refractivity contribution in [3.8, 4) is 11.1 Å². The fourth-order valence-electron chi connectivity index (χ4n) is 2.87. The van der Waals surface area contributed by atoms with Gasteiger partial charge in [-0.05, 0) is 19.4 Å². The Morgan fingerprint density at radius 1 is 1.19 bits per heavy atom. The molecule has 0 unspecified atom stereocenters. The highest BCUT2D eigenvalue weighted by atomic mass is 32.1. The molecule has 0 aliphatic carbocycles. The first-order valence-electron chi connectivity index (χ1n) is 9.30. The molecule has 1 N–H and O–H groups in total. The van der Waals surface area contributed by atoms with Gasteiger partial charge in [-0.15, -0.1) is 11.3 Å². The minimum Gasteiger partial charge on any atom is -0.462 e. The maximum absolute atomic E-state index is 12.6. The minimum absolute atomic E-state index is 0.165. The van der Waals surface area contributed by atoms with Gasteiger partial charge in [0.25, 0.3) is 11.2 Å². The van der Waals surface area contributed by atoms with Crippen molar-refractivity contribution in [2.45, 2.75) is 20.4 Å². The van der Waals surface area contributed by atoms with E-state index in [-0.39, 0.29) is 22.9 Å². The predicted molar refractivity (Wildman–Crippen MR) is 116 cm³/mol. The molecule has 3 rings (SSSR count). The van der Waals surface area contributed by atoms with Crippen molar-refractivity contribution in [1.29, 1.82) is 0 Å². The summed E-state index contributed by atoms with van der Waals surface area (Å²) in [5.41, 5.74) is 1.82. The number of hydrogen-bond acceptors (Lipinski definition) is 7. The van der Waals surface area contributed by atoms with Crippen LogP contribution in [0.1, 0.15) is 22.8 Å². The Kier molecular flexibility index (Phi) is 6.61. The first-order chi connectivity index (χ1) is 14.8. The molecule has 10 heteroatoms. The van der Waals surface area contributed by atoms with Crippen LogP contribution >= 0.6 is 11.3 Å². The van der Waals surface area contributed by atoms with Crippen LogP contribution in [-0.2, 0) is 16.1 Å². The second-order valence-electron chi connectivity index (χ2n) is 6.60. The first kappa shape index (κ1) is 21.9. The molecule has 0 fully saturated rings. The molecule has 0 saturated heterocycles. The van der Waals surface area contributed by atoms with Gasteiger partial charge in [-0.1, -0.05) is 29.8 Å². The maximum Gasteiger partial charge on any atom is 0.341 e. The third-order valence-corrected chi connectivity index (χ3v) is 5.27. The molecule has 9 nitrogen and oxygen atoms in total. The van der Waals surface area contributed by atoms with Crippen LogP contribution < -0.4 is 10.9 Å². The Morgan fingerprint density at radius 3 is 2.55 bits per heavy atom. The van der Waals surface area contributed by atoms with Crippen molar-refractivity contribution in [2.75, 3.05) is 11.9 Å². The standard InChI is InChI=1S/C21H19N3O6S/c1-3-30-21(27)19-16(14-6-4-13(2)5-7-14)12-31-20(19)22-17(25)11-23-10-15(24(28)29)8-9-18(23)26/h4-10,12H,3,11H2,1-2H3,(H,22,25). The Labute approximate surface area is 181 Å². The van der Waals surface area contributed by atoms with Crippen LogP contribution in [0.2, 0.25) is 0 Å². The van der Waals surface area contributed by atoms with Gasteiger partial charge in [0, 0.05) is 23.1 Å². The predicted octanol–water partition coefficient (Wildman–Crippen LogP) is 3.61. The molecule has 2 aromatic heterocycles. The normalized spacial score (nSPS) is 10.5. The van der Waals surface area contributed by atoms with Gasteiger partial charge in [-0.3, -0.25) is 24.3 Å². The lowest BCUT2D eigenvalue weighted by Gasteiger charge is -2.10. The van der Waals surface area contributed by atoms with E-state index in [1.165, 1.54) is 0 Å². The van der Waals surface area contributed by atoms with E-state index >= 15 is 0 Å². The number of carbonyl (C=O) groups excluding carboxylic acids is 2. The van der Waals surface area contributed by atoms with Gasteiger partial charge in [-0.25, -0.2) is 4.79 Å². The molecule has 160 valence electrons. The fraction of sp³-hybridized carbons (Fsp3) is 0.190. The number of nitro groups is 1. The Bertz CT molecular complexity index is 1200. The summed E-state index contributed by atoms with van der Waals surface area (Å²) in [7, 11) is 0. The van der Waals surface area contributed by atoms with Crippen molar-refractivity contribution in [3.05, 3.63) is 79.6 Å². The number of hydrogen-bond donors (Lipinski definition) is 1. The number of carbonyl (C=O) groups is 2. The van der Waals surface area contributed by atoms with Crippen LogP contribution in [-0.4, -0.2) is 28.0 Å². The van der Waals surface area contributed by atoms with Crippen LogP contribution in [0.4, 0.5) is 10.7 Å². The smallest absolute Gasteiger partial charge is 0.341 e. The third-order valence-electron chi connectivity index (χ3n) is 4.38. The molecule has 0 atom stereocenters. The zero-order chi connectivity index (χ0) is 22.5. The summed E-state index contributed by atoms with van der Waals surface area (Å²) in [6, 6.07) is 9.66. The number of esters is 1. The average Bonchev–Trinajstić information content (AvgIpc) is 3.13. The highest BCUT2D eigenvalue weighted by Gasteiger charge is 2.23. The van der Waals surface area contributed by atoms with Crippen molar-refractivity contribution in [3.63, 3.8) is 0 Å². The second kappa shape index (κ2) is 9.35. The summed E-state index contributed by atoms with van der Waals surface area (Å²) in [6.07, 6.45) is 1.00. The number of benzene rings is 1. The Morgan fingerprint density at radius 2 is 1.90 bits per heavy atom. The lowest BCUT2D eigenvalue weighted by atomic mass is 10.0. The number of nitrogens with one attached hydrogen (secondary N) is 1. The maximum atomic E-state index is 12.6. The SMILES string of the molecule is CCOC(=O)c1c(-c2ccc(C)cc2)csc1NC(=O)Cn1cc([N+](=O)[O-])ccc1=O. The Balaban J connectivity index is 1.90. The van der Waals surface area contributed by atoms with Crippen LogP contribution in [0.25, 0.3) is 11.1 Å². The molecule has 0 saturated carbocycles. The number of amides is 1. The van der Waals surface area contributed by atoms with Crippen molar-refractivity contribution >= 4 is 33.9 Å². The lowest BCUT2D eigenvalue weighted by molar-refractivity contribution is -0.385. The van der Waals surface area contributed by atoms with E-state index < -0.39 is 28.9 Å². The van der Waals surface area contributed by atoms with Gasteiger partial charge in [-0.2, -0.15) is 0 Å². The molecule has 0 aliphatic heterocycles. The van der Waals surface area contributed by atoms with Gasteiger partial charge in [0.05, 0.1) is 17.7 Å². The molecule has 1 amide bonds. The monoisotopic (exact) mass is 441 g/mol. The van der Waals surface area contributed by atoms with Gasteiger partial charge in [0.1, 0.15) is 17.1 Å². The Hall–Kier alpha value is -3.79. The van der Waals surface area contributed by atoms with Gasteiger partial charge in [0.2, 0.25) is 5.91 Å². The first-order valence-corrected chi connectivity index (χ1v) is 10.2. The number of anilines is 1. The van der Waals surface area contributed by atoms with Crippen LogP contribution in [0, 0.1) is 17.0 Å². The quantitative estimate of drug-likeness (QED) is 0.340. The van der Waals surface area contributed by atoms with E-state index in [1.807, 2.05) is 31.2 Å². The fourth-order valence-corrected chi connectivity index (χ4v) is 3.85. The van der Waals surface area contributed by atoms with E-state index in [4.69, 9.17) is 4.74 Å². The minimum atomic E-state index is -0.653. The molecular formula is C21H19N3O6S. The van der Waals surface area contributed by atoms with Crippen LogP contribution in [0.15, 0.2) is 52.8 Å². The van der Waals surface area contributed by atoms with Crippen molar-refractivity contribution in [2.24, 2.45) is 0 Å². The summed E-state index contributed by atoms with van der Waals surface area (Å²) in [6.45, 7) is 3.35. The molecule has 0 bridgehead atoms. The van der Waals surface area contributed by atoms with E-state index in [0.717, 1.165) is 45.4 Å². The van der Waals surface area contributed by atoms with Gasteiger partial charge < -0.3 is 10.1 Å². The second-order valence-corrected chi connectivity index (χ2v) is 7.48. The van der Waals surface area contributed by atoms with Gasteiger partial charge in [0.15, 0.2) is 0 Å². The van der Waals surface area contributed by atoms with Gasteiger partial charge >= 0.3 is 5.97 Å². The van der Waals surface area contributed by atoms with E-state index in [9.17, 15) is 24.5 Å². The molecule has 0 spiro atoms. The van der Waals surface area contributed by atoms with Crippen LogP contribution in [0.5, 0.6) is 0 Å². The van der Waals surface area contributed by atoms with Crippen molar-refractivity contribution in [1.82, 2.24) is 4.57 Å². The number of ether oxygens (including phenoxy) is 1. The zero-order valence-corrected chi connectivity index (χ0v) is 17.6. The molecule has 2 heterocycles. The molecule has 1 aromatic carbocycles. The van der Waals surface area contributed by atoms with E-state index in [1.54, 1.807) is 12.3 Å². The summed E-state index contributed by atoms with van der Waals surface area (Å²) in [5, 5.41) is 15.6. The van der Waals surface area contributed by atoms with E-state index in [0.29, 0.717) is 5.56 Å². The largest absolute Gasteiger partial charge is 0.462 e. The topological polar surface area (TPSA) is 121 Å². The highest BCUT2D eigenvalue weighted by Crippen LogP contribution is 2.36. The number of rotatable bonds is 7. The van der Waals surface area contributed by atoms with Crippen molar-refractivity contribution < 1.29 is 19.2 Å². The average molecular weight is 441 g/mol. The number of nitrogens with zero attached hydrogens (tertiary/aromatic N) is 2. The molecule has 3 aromatic rings. The summed E-state index contributed by atoms with van der Waals surface area (Å²) in [4.78, 5) is 47.4. The number of aryl methyl sites for hydroxylation is 1. The summed E-state index contributed by atoms with van der Waals surface area (Å²) < 4.78 is 6.10. The lowest BCUT2D eigenvalue weighted by Crippen LogP contribution is -2.27. The molecule has 0 aliphatic rings. The number of aromatic nitrogens is 1. The zero-order valence-electron chi connectivity index (χ0n) is 16.8. The summed E-state index contributed by atoms with van der Waals surface area (Å²) in [5.74, 6) is -1.19. The molecule has 31 heavy (non-hydrogen) atoms. The highest BCUT2D eigenvalue weighted by molar-refractivity contribution is 7.15. The van der Waals surface area contributed by atoms with E-state index in [2.05, 4.69) is 5.32 Å². The third kappa shape index (κ3) is 5.04. The number of pyridine rings is 1. The summed E-state index contributed by atoms with van der Waals surface area (Å²) >= 11 is 1.15. The number of thiophene rings is 1. The van der Waals surface area contributed by atoms with Crippen LogP contribution in [0.3, 0.4) is 0 Å². The molecular weight excluding hydrogens is 422 g/mol. The molecule has 0 radical (unpaired) electrons.